The van der Waals surface area contributed by atoms with Gasteiger partial charge in [0.25, 0.3) is 0 Å². The van der Waals surface area contributed by atoms with Gasteiger partial charge in [0.15, 0.2) is 0 Å². The molecule has 2 atom stereocenters. The third-order valence-electron chi connectivity index (χ3n) is 6.32. The molecular weight excluding hydrogens is 408 g/mol. The van der Waals surface area contributed by atoms with Crippen molar-refractivity contribution < 1.29 is 14.6 Å². The van der Waals surface area contributed by atoms with E-state index < -0.39 is 6.10 Å². The van der Waals surface area contributed by atoms with Gasteiger partial charge in [0.1, 0.15) is 5.60 Å². The maximum absolute atomic E-state index is 12.8. The zero-order valence-corrected chi connectivity index (χ0v) is 17.9. The minimum atomic E-state index is -0.406. The Bertz CT molecular complexity index is 864. The van der Waals surface area contributed by atoms with E-state index in [-0.39, 0.29) is 30.0 Å². The van der Waals surface area contributed by atoms with E-state index in [1.165, 1.54) is 20.9 Å². The second kappa shape index (κ2) is 8.36. The Morgan fingerprint density at radius 2 is 2.00 bits per heavy atom. The van der Waals surface area contributed by atoms with Crippen LogP contribution in [0.25, 0.3) is 10.4 Å². The van der Waals surface area contributed by atoms with Crippen LogP contribution in [0.1, 0.15) is 29.7 Å². The van der Waals surface area contributed by atoms with Gasteiger partial charge in [-0.2, -0.15) is 0 Å². The van der Waals surface area contributed by atoms with Crippen LogP contribution in [0.15, 0.2) is 36.4 Å². The Balaban J connectivity index is 0.00000205. The third-order valence-corrected chi connectivity index (χ3v) is 7.73. The molecule has 1 aromatic carbocycles. The molecule has 1 aromatic heterocycles. The summed E-state index contributed by atoms with van der Waals surface area (Å²) < 4.78 is 6.37. The fourth-order valence-electron chi connectivity index (χ4n) is 4.75. The number of likely N-dealkylation sites (tertiary alicyclic amines) is 1. The van der Waals surface area contributed by atoms with Crippen LogP contribution < -0.4 is 5.32 Å². The van der Waals surface area contributed by atoms with Crippen molar-refractivity contribution in [2.75, 3.05) is 26.2 Å². The van der Waals surface area contributed by atoms with Crippen LogP contribution in [0.4, 0.5) is 0 Å². The zero-order valence-electron chi connectivity index (χ0n) is 16.3. The van der Waals surface area contributed by atoms with Gasteiger partial charge < -0.3 is 20.1 Å². The molecule has 3 aliphatic heterocycles. The molecule has 2 aromatic rings. The summed E-state index contributed by atoms with van der Waals surface area (Å²) in [6.45, 7) is 2.69. The summed E-state index contributed by atoms with van der Waals surface area (Å²) in [6, 6.07) is 12.6. The van der Waals surface area contributed by atoms with Crippen molar-refractivity contribution in [1.29, 1.82) is 0 Å². The molecule has 7 heteroatoms. The number of carbonyl (C=O) groups excluding carboxylic acids is 1. The maximum atomic E-state index is 12.8. The summed E-state index contributed by atoms with van der Waals surface area (Å²) in [6.07, 6.45) is 2.77. The average Bonchev–Trinajstić information content (AvgIpc) is 3.36. The normalized spacial score (nSPS) is 25.5. The number of aliphatic hydroxyl groups excluding tert-OH is 1. The van der Waals surface area contributed by atoms with E-state index in [9.17, 15) is 9.90 Å². The first-order chi connectivity index (χ1) is 13.6. The molecule has 2 saturated heterocycles. The van der Waals surface area contributed by atoms with Crippen molar-refractivity contribution in [1.82, 2.24) is 10.2 Å². The van der Waals surface area contributed by atoms with Crippen molar-refractivity contribution >= 4 is 29.7 Å². The number of halogens is 1. The predicted octanol–water partition coefficient (Wildman–Crippen LogP) is 2.95. The first-order valence-corrected chi connectivity index (χ1v) is 11.0. The number of fused-ring (bicyclic) bond motifs is 2. The smallest absolute Gasteiger partial charge is 0.239 e. The highest BCUT2D eigenvalue weighted by atomic mass is 35.5. The number of benzene rings is 1. The molecular formula is C22H27ClN2O3S. The van der Waals surface area contributed by atoms with Crippen molar-refractivity contribution in [2.24, 2.45) is 0 Å². The van der Waals surface area contributed by atoms with Crippen LogP contribution in [0.5, 0.6) is 0 Å². The molecule has 4 heterocycles. The Hall–Kier alpha value is -1.44. The number of amides is 1. The van der Waals surface area contributed by atoms with E-state index in [2.05, 4.69) is 35.6 Å². The number of ether oxygens (including phenoxy) is 1. The average molecular weight is 435 g/mol. The summed E-state index contributed by atoms with van der Waals surface area (Å²) >= 11 is 1.86. The maximum Gasteiger partial charge on any atom is 0.239 e. The number of hydrogen-bond acceptors (Lipinski definition) is 5. The van der Waals surface area contributed by atoms with Crippen LogP contribution in [0.2, 0.25) is 0 Å². The Labute approximate surface area is 181 Å². The molecule has 0 unspecified atom stereocenters. The fourth-order valence-corrected chi connectivity index (χ4v) is 6.17. The highest BCUT2D eigenvalue weighted by Crippen LogP contribution is 2.47. The molecule has 1 amide bonds. The van der Waals surface area contributed by atoms with E-state index in [1.54, 1.807) is 0 Å². The van der Waals surface area contributed by atoms with Gasteiger partial charge >= 0.3 is 0 Å². The highest BCUT2D eigenvalue weighted by molar-refractivity contribution is 7.15. The monoisotopic (exact) mass is 434 g/mol. The van der Waals surface area contributed by atoms with Crippen molar-refractivity contribution in [3.05, 3.63) is 46.8 Å². The van der Waals surface area contributed by atoms with Crippen molar-refractivity contribution in [3.8, 4) is 10.4 Å². The second-order valence-electron chi connectivity index (χ2n) is 8.10. The number of aliphatic hydroxyl groups is 1. The lowest BCUT2D eigenvalue weighted by molar-refractivity contribution is -0.142. The molecule has 5 rings (SSSR count). The predicted molar refractivity (Wildman–Crippen MR) is 117 cm³/mol. The zero-order chi connectivity index (χ0) is 19.1. The van der Waals surface area contributed by atoms with Crippen molar-refractivity contribution in [3.63, 3.8) is 0 Å². The fraction of sp³-hybridized carbons (Fsp3) is 0.500. The van der Waals surface area contributed by atoms with Gasteiger partial charge in [-0.15, -0.1) is 23.7 Å². The molecule has 2 fully saturated rings. The molecule has 2 N–H and O–H groups in total. The molecule has 29 heavy (non-hydrogen) atoms. The van der Waals surface area contributed by atoms with E-state index in [1.807, 2.05) is 22.3 Å². The number of rotatable bonds is 2. The number of carbonyl (C=O) groups is 1. The molecule has 0 saturated carbocycles. The number of piperidine rings is 1. The Morgan fingerprint density at radius 3 is 2.69 bits per heavy atom. The summed E-state index contributed by atoms with van der Waals surface area (Å²) in [4.78, 5) is 17.4. The lowest BCUT2D eigenvalue weighted by Gasteiger charge is -2.44. The van der Waals surface area contributed by atoms with Gasteiger partial charge in [-0.3, -0.25) is 4.79 Å². The molecule has 156 valence electrons. The van der Waals surface area contributed by atoms with Gasteiger partial charge in [0.05, 0.1) is 18.8 Å². The molecule has 0 aliphatic carbocycles. The molecule has 5 nitrogen and oxygen atoms in total. The lowest BCUT2D eigenvalue weighted by atomic mass is 9.85. The van der Waals surface area contributed by atoms with Crippen LogP contribution in [-0.2, 0) is 21.6 Å². The Morgan fingerprint density at radius 1 is 1.24 bits per heavy atom. The van der Waals surface area contributed by atoms with Crippen LogP contribution in [0.3, 0.4) is 0 Å². The number of β-amino-alcohol motifs (C(OH)–C–C–N with tert-alkyl or cyclic N) is 1. The van der Waals surface area contributed by atoms with Crippen molar-refractivity contribution in [2.45, 2.75) is 43.4 Å². The van der Waals surface area contributed by atoms with Gasteiger partial charge in [-0.1, -0.05) is 30.3 Å². The minimum Gasteiger partial charge on any atom is -0.392 e. The van der Waals surface area contributed by atoms with Gasteiger partial charge in [-0.25, -0.2) is 0 Å². The van der Waals surface area contributed by atoms with E-state index in [0.717, 1.165) is 25.9 Å². The minimum absolute atomic E-state index is 0. The van der Waals surface area contributed by atoms with Crippen LogP contribution >= 0.6 is 23.7 Å². The summed E-state index contributed by atoms with van der Waals surface area (Å²) in [5.74, 6) is 0.124. The SMILES string of the molecule is Cl.O=C([C@@H]1C[C@@H](O)CN1)N1CCC2(CC1)OCCc1cc(-c3ccccc3)sc12. The second-order valence-corrected chi connectivity index (χ2v) is 9.15. The topological polar surface area (TPSA) is 61.8 Å². The van der Waals surface area contributed by atoms with Crippen LogP contribution in [0, 0.1) is 0 Å². The first-order valence-electron chi connectivity index (χ1n) is 10.2. The lowest BCUT2D eigenvalue weighted by Crippen LogP contribution is -2.51. The van der Waals surface area contributed by atoms with Gasteiger partial charge in [-0.05, 0) is 42.9 Å². The first kappa shape index (κ1) is 20.8. The molecule has 3 aliphatic rings. The summed E-state index contributed by atoms with van der Waals surface area (Å²) in [7, 11) is 0. The molecule has 0 bridgehead atoms. The molecule has 1 spiro atoms. The van der Waals surface area contributed by atoms with Crippen LogP contribution in [-0.4, -0.2) is 54.3 Å². The third kappa shape index (κ3) is 3.84. The Kier molecular flexibility index (Phi) is 6.00. The molecule has 0 radical (unpaired) electrons. The number of nitrogens with zero attached hydrogens (tertiary/aromatic N) is 1. The van der Waals surface area contributed by atoms with E-state index >= 15 is 0 Å². The number of hydrogen-bond donors (Lipinski definition) is 2. The standard InChI is InChI=1S/C22H26N2O3S.ClH/c25-17-13-18(23-14-17)21(26)24-9-7-22(8-10-24)20-16(6-11-27-22)12-19(28-20)15-4-2-1-3-5-15;/h1-5,12,17-18,23,25H,6-11,13-14H2;1H/t17-,18+;/m1./s1. The van der Waals surface area contributed by atoms with Gasteiger partial charge in [0, 0.05) is 29.4 Å². The van der Waals surface area contributed by atoms with Gasteiger partial charge in [0.2, 0.25) is 5.91 Å². The summed E-state index contributed by atoms with van der Waals surface area (Å²) in [5, 5.41) is 12.8. The van der Waals surface area contributed by atoms with E-state index in [4.69, 9.17) is 4.74 Å². The number of nitrogens with one attached hydrogen (secondary N) is 1. The number of thiophene rings is 1. The largest absolute Gasteiger partial charge is 0.392 e. The highest BCUT2D eigenvalue weighted by Gasteiger charge is 2.44. The summed E-state index contributed by atoms with van der Waals surface area (Å²) in [5.41, 5.74) is 2.43. The quantitative estimate of drug-likeness (QED) is 0.762. The van der Waals surface area contributed by atoms with E-state index in [0.29, 0.717) is 26.1 Å².